The van der Waals surface area contributed by atoms with Crippen LogP contribution in [0.3, 0.4) is 0 Å². The summed E-state index contributed by atoms with van der Waals surface area (Å²) in [5.41, 5.74) is 1.15. The lowest BCUT2D eigenvalue weighted by Gasteiger charge is -2.06. The van der Waals surface area contributed by atoms with Gasteiger partial charge < -0.3 is 14.2 Å². The van der Waals surface area contributed by atoms with Crippen molar-refractivity contribution in [1.82, 2.24) is 0 Å². The summed E-state index contributed by atoms with van der Waals surface area (Å²) in [5.74, 6) is 1.46. The molecule has 3 rings (SSSR count). The normalized spacial score (nSPS) is 10.6. The standard InChI is InChI=1S/C20H20O4S/c1-22-17-9-10-18-15(12-17)13-19(25-18)14-5-7-16(8-6-14)24-11-3-4-20(21)23-2/h5-10,12-13H,3-4,11H2,1-2H3. The average Bonchev–Trinajstić information content (AvgIpc) is 3.08. The predicted octanol–water partition coefficient (Wildman–Crippen LogP) is 4.91. The first-order chi connectivity index (χ1) is 12.2. The Labute approximate surface area is 151 Å². The summed E-state index contributed by atoms with van der Waals surface area (Å²) < 4.78 is 16.8. The van der Waals surface area contributed by atoms with Crippen molar-refractivity contribution in [2.24, 2.45) is 0 Å². The predicted molar refractivity (Wildman–Crippen MR) is 101 cm³/mol. The van der Waals surface area contributed by atoms with Gasteiger partial charge in [-0.1, -0.05) is 0 Å². The molecule has 0 N–H and O–H groups in total. The van der Waals surface area contributed by atoms with Crippen molar-refractivity contribution in [2.45, 2.75) is 12.8 Å². The zero-order valence-electron chi connectivity index (χ0n) is 14.3. The number of esters is 1. The van der Waals surface area contributed by atoms with Crippen LogP contribution in [0.5, 0.6) is 11.5 Å². The Morgan fingerprint density at radius 1 is 1.00 bits per heavy atom. The van der Waals surface area contributed by atoms with Gasteiger partial charge >= 0.3 is 5.97 Å². The lowest BCUT2D eigenvalue weighted by molar-refractivity contribution is -0.140. The van der Waals surface area contributed by atoms with Gasteiger partial charge in [0.05, 0.1) is 20.8 Å². The number of hydrogen-bond acceptors (Lipinski definition) is 5. The highest BCUT2D eigenvalue weighted by molar-refractivity contribution is 7.22. The van der Waals surface area contributed by atoms with Crippen LogP contribution in [0.15, 0.2) is 48.5 Å². The molecule has 0 aliphatic heterocycles. The van der Waals surface area contributed by atoms with Crippen molar-refractivity contribution in [3.63, 3.8) is 0 Å². The van der Waals surface area contributed by atoms with Gasteiger partial charge in [-0.05, 0) is 65.9 Å². The summed E-state index contributed by atoms with van der Waals surface area (Å²) in [6.45, 7) is 0.497. The van der Waals surface area contributed by atoms with Crippen molar-refractivity contribution in [1.29, 1.82) is 0 Å². The minimum absolute atomic E-state index is 0.208. The van der Waals surface area contributed by atoms with Crippen molar-refractivity contribution >= 4 is 27.4 Å². The van der Waals surface area contributed by atoms with Crippen molar-refractivity contribution in [3.05, 3.63) is 48.5 Å². The van der Waals surface area contributed by atoms with Gasteiger partial charge in [0.2, 0.25) is 0 Å². The SMILES string of the molecule is COC(=O)CCCOc1ccc(-c2cc3cc(OC)ccc3s2)cc1. The van der Waals surface area contributed by atoms with E-state index in [9.17, 15) is 4.79 Å². The molecule has 2 aromatic carbocycles. The molecule has 130 valence electrons. The summed E-state index contributed by atoms with van der Waals surface area (Å²) in [5, 5.41) is 1.18. The first-order valence-electron chi connectivity index (χ1n) is 8.07. The van der Waals surface area contributed by atoms with E-state index in [1.165, 1.54) is 22.1 Å². The molecular formula is C20H20O4S. The zero-order chi connectivity index (χ0) is 17.6. The van der Waals surface area contributed by atoms with Gasteiger partial charge in [-0.3, -0.25) is 4.79 Å². The number of fused-ring (bicyclic) bond motifs is 1. The Morgan fingerprint density at radius 2 is 1.76 bits per heavy atom. The summed E-state index contributed by atoms with van der Waals surface area (Å²) in [4.78, 5) is 12.3. The van der Waals surface area contributed by atoms with E-state index in [-0.39, 0.29) is 5.97 Å². The second kappa shape index (κ2) is 8.03. The fourth-order valence-corrected chi connectivity index (χ4v) is 3.56. The number of hydrogen-bond donors (Lipinski definition) is 0. The summed E-state index contributed by atoms with van der Waals surface area (Å²) >= 11 is 1.75. The van der Waals surface area contributed by atoms with E-state index in [4.69, 9.17) is 9.47 Å². The minimum atomic E-state index is -0.208. The minimum Gasteiger partial charge on any atom is -0.497 e. The van der Waals surface area contributed by atoms with E-state index in [0.29, 0.717) is 19.4 Å². The number of thiophene rings is 1. The topological polar surface area (TPSA) is 44.8 Å². The zero-order valence-corrected chi connectivity index (χ0v) is 15.1. The van der Waals surface area contributed by atoms with Crippen molar-refractivity contribution in [3.8, 4) is 21.9 Å². The molecule has 1 aromatic heterocycles. The van der Waals surface area contributed by atoms with Gasteiger partial charge in [-0.25, -0.2) is 0 Å². The molecule has 3 aromatic rings. The average molecular weight is 356 g/mol. The summed E-state index contributed by atoms with van der Waals surface area (Å²) in [6.07, 6.45) is 1.02. The summed E-state index contributed by atoms with van der Waals surface area (Å²) in [7, 11) is 3.07. The summed E-state index contributed by atoms with van der Waals surface area (Å²) in [6, 6.07) is 16.3. The molecule has 4 nitrogen and oxygen atoms in total. The molecule has 0 unspecified atom stereocenters. The number of carbonyl (C=O) groups is 1. The lowest BCUT2D eigenvalue weighted by atomic mass is 10.1. The molecule has 0 spiro atoms. The largest absolute Gasteiger partial charge is 0.497 e. The molecule has 0 amide bonds. The van der Waals surface area contributed by atoms with Crippen LogP contribution in [0, 0.1) is 0 Å². The number of benzene rings is 2. The van der Waals surface area contributed by atoms with E-state index in [2.05, 4.69) is 29.0 Å². The Kier molecular flexibility index (Phi) is 5.56. The molecule has 0 saturated carbocycles. The van der Waals surface area contributed by atoms with Gasteiger partial charge in [-0.15, -0.1) is 11.3 Å². The highest BCUT2D eigenvalue weighted by atomic mass is 32.1. The lowest BCUT2D eigenvalue weighted by Crippen LogP contribution is -2.04. The molecule has 0 fully saturated rings. The molecule has 5 heteroatoms. The third-order valence-corrected chi connectivity index (χ3v) is 5.05. The molecular weight excluding hydrogens is 336 g/mol. The van der Waals surface area contributed by atoms with Crippen molar-refractivity contribution in [2.75, 3.05) is 20.8 Å². The highest BCUT2D eigenvalue weighted by Gasteiger charge is 2.06. The van der Waals surface area contributed by atoms with Crippen LogP contribution in [0.1, 0.15) is 12.8 Å². The fourth-order valence-electron chi connectivity index (χ4n) is 2.51. The molecule has 0 radical (unpaired) electrons. The second-order valence-electron chi connectivity index (χ2n) is 5.57. The van der Waals surface area contributed by atoms with Crippen molar-refractivity contribution < 1.29 is 19.0 Å². The molecule has 0 bridgehead atoms. The molecule has 0 aliphatic carbocycles. The second-order valence-corrected chi connectivity index (χ2v) is 6.65. The Morgan fingerprint density at radius 3 is 2.48 bits per heavy atom. The van der Waals surface area contributed by atoms with Gasteiger partial charge in [0, 0.05) is 16.0 Å². The fraction of sp³-hybridized carbons (Fsp3) is 0.250. The Hall–Kier alpha value is -2.53. The first-order valence-corrected chi connectivity index (χ1v) is 8.89. The smallest absolute Gasteiger partial charge is 0.305 e. The van der Waals surface area contributed by atoms with Crippen LogP contribution in [-0.4, -0.2) is 26.8 Å². The van der Waals surface area contributed by atoms with Crippen LogP contribution in [0.25, 0.3) is 20.5 Å². The monoisotopic (exact) mass is 356 g/mol. The van der Waals surface area contributed by atoms with E-state index in [1.807, 2.05) is 24.3 Å². The highest BCUT2D eigenvalue weighted by Crippen LogP contribution is 2.35. The molecule has 0 aliphatic rings. The number of rotatable bonds is 7. The maximum absolute atomic E-state index is 11.1. The van der Waals surface area contributed by atoms with Gasteiger partial charge in [0.15, 0.2) is 0 Å². The van der Waals surface area contributed by atoms with E-state index in [0.717, 1.165) is 17.1 Å². The Balaban J connectivity index is 1.65. The van der Waals surface area contributed by atoms with Crippen LogP contribution in [-0.2, 0) is 9.53 Å². The number of carbonyl (C=O) groups excluding carboxylic acids is 1. The van der Waals surface area contributed by atoms with Crippen LogP contribution >= 0.6 is 11.3 Å². The quantitative estimate of drug-likeness (QED) is 0.446. The third kappa shape index (κ3) is 4.31. The van der Waals surface area contributed by atoms with Crippen LogP contribution in [0.4, 0.5) is 0 Å². The van der Waals surface area contributed by atoms with Gasteiger partial charge in [0.25, 0.3) is 0 Å². The molecule has 0 atom stereocenters. The maximum atomic E-state index is 11.1. The van der Waals surface area contributed by atoms with Crippen LogP contribution < -0.4 is 9.47 Å². The van der Waals surface area contributed by atoms with E-state index < -0.39 is 0 Å². The number of ether oxygens (including phenoxy) is 3. The third-order valence-electron chi connectivity index (χ3n) is 3.88. The maximum Gasteiger partial charge on any atom is 0.305 e. The van der Waals surface area contributed by atoms with Crippen LogP contribution in [0.2, 0.25) is 0 Å². The molecule has 1 heterocycles. The van der Waals surface area contributed by atoms with Gasteiger partial charge in [-0.2, -0.15) is 0 Å². The molecule has 25 heavy (non-hydrogen) atoms. The molecule has 0 saturated heterocycles. The first kappa shape index (κ1) is 17.3. The number of methoxy groups -OCH3 is 2. The van der Waals surface area contributed by atoms with E-state index in [1.54, 1.807) is 18.4 Å². The van der Waals surface area contributed by atoms with E-state index >= 15 is 0 Å². The van der Waals surface area contributed by atoms with Gasteiger partial charge in [0.1, 0.15) is 11.5 Å². The Bertz CT molecular complexity index is 852.